The van der Waals surface area contributed by atoms with Gasteiger partial charge in [-0.05, 0) is 43.7 Å². The zero-order chi connectivity index (χ0) is 18.7. The van der Waals surface area contributed by atoms with E-state index in [-0.39, 0.29) is 5.69 Å². The van der Waals surface area contributed by atoms with Crippen LogP contribution in [0.5, 0.6) is 0 Å². The largest absolute Gasteiger partial charge is 0.421 e. The molecule has 0 saturated heterocycles. The minimum atomic E-state index is -0.627. The normalized spacial score (nSPS) is 10.6. The first-order valence-electron chi connectivity index (χ1n) is 8.14. The molecular formula is C19H18ClN3O3. The Morgan fingerprint density at radius 1 is 1.08 bits per heavy atom. The van der Waals surface area contributed by atoms with Gasteiger partial charge >= 0.3 is 11.7 Å². The van der Waals surface area contributed by atoms with Crippen LogP contribution in [0.25, 0.3) is 11.0 Å². The first-order chi connectivity index (χ1) is 12.5. The lowest BCUT2D eigenvalue weighted by Gasteiger charge is -2.14. The Kier molecular flexibility index (Phi) is 5.14. The van der Waals surface area contributed by atoms with Gasteiger partial charge in [0.05, 0.1) is 5.69 Å². The fourth-order valence-electron chi connectivity index (χ4n) is 2.63. The highest BCUT2D eigenvalue weighted by Crippen LogP contribution is 2.29. The Morgan fingerprint density at radius 2 is 1.85 bits per heavy atom. The molecule has 0 spiro atoms. The van der Waals surface area contributed by atoms with Crippen LogP contribution in [0.2, 0.25) is 5.02 Å². The zero-order valence-electron chi connectivity index (χ0n) is 14.4. The van der Waals surface area contributed by atoms with Crippen molar-refractivity contribution in [1.29, 1.82) is 0 Å². The van der Waals surface area contributed by atoms with Crippen LogP contribution in [0.15, 0.2) is 51.7 Å². The van der Waals surface area contributed by atoms with Crippen molar-refractivity contribution in [2.45, 2.75) is 13.8 Å². The van der Waals surface area contributed by atoms with E-state index in [2.05, 4.69) is 16.0 Å². The van der Waals surface area contributed by atoms with Gasteiger partial charge < -0.3 is 15.1 Å². The molecular weight excluding hydrogens is 354 g/mol. The van der Waals surface area contributed by atoms with Crippen LogP contribution in [0, 0.1) is 6.92 Å². The molecule has 0 fully saturated rings. The molecule has 0 aliphatic rings. The number of anilines is 3. The summed E-state index contributed by atoms with van der Waals surface area (Å²) in [6, 6.07) is 11.8. The Labute approximate surface area is 155 Å². The Balaban J connectivity index is 1.96. The predicted octanol–water partition coefficient (Wildman–Crippen LogP) is 4.83. The molecule has 0 atom stereocenters. The van der Waals surface area contributed by atoms with E-state index in [0.717, 1.165) is 5.56 Å². The molecule has 1 heterocycles. The second-order valence-corrected chi connectivity index (χ2v) is 6.06. The predicted molar refractivity (Wildman–Crippen MR) is 105 cm³/mol. The van der Waals surface area contributed by atoms with Crippen LogP contribution in [0.3, 0.4) is 0 Å². The third-order valence-electron chi connectivity index (χ3n) is 3.92. The third kappa shape index (κ3) is 3.50. The highest BCUT2D eigenvalue weighted by Gasteiger charge is 2.17. The van der Waals surface area contributed by atoms with Gasteiger partial charge in [0.1, 0.15) is 5.58 Å². The van der Waals surface area contributed by atoms with E-state index in [1.165, 1.54) is 0 Å². The number of hydrogen-bond acceptors (Lipinski definition) is 4. The van der Waals surface area contributed by atoms with Gasteiger partial charge in [-0.15, -0.1) is 0 Å². The van der Waals surface area contributed by atoms with Crippen LogP contribution in [0.4, 0.5) is 21.9 Å². The summed E-state index contributed by atoms with van der Waals surface area (Å²) in [7, 11) is 0. The zero-order valence-corrected chi connectivity index (χ0v) is 15.1. The Hall–Kier alpha value is -2.99. The maximum Gasteiger partial charge on any atom is 0.362 e. The summed E-state index contributed by atoms with van der Waals surface area (Å²) in [5.74, 6) is 0. The molecule has 26 heavy (non-hydrogen) atoms. The molecule has 0 bridgehead atoms. The highest BCUT2D eigenvalue weighted by atomic mass is 35.5. The Bertz CT molecular complexity index is 1030. The van der Waals surface area contributed by atoms with Gasteiger partial charge in [0, 0.05) is 22.6 Å². The van der Waals surface area contributed by atoms with Gasteiger partial charge in [0.2, 0.25) is 0 Å². The van der Waals surface area contributed by atoms with E-state index in [1.54, 1.807) is 37.3 Å². The number of carbonyl (C=O) groups is 1. The van der Waals surface area contributed by atoms with Crippen molar-refractivity contribution < 1.29 is 9.21 Å². The maximum atomic E-state index is 12.4. The lowest BCUT2D eigenvalue weighted by Crippen LogP contribution is -2.25. The first kappa shape index (κ1) is 17.8. The molecule has 0 aliphatic carbocycles. The van der Waals surface area contributed by atoms with Crippen molar-refractivity contribution in [2.75, 3.05) is 22.5 Å². The second-order valence-electron chi connectivity index (χ2n) is 5.66. The van der Waals surface area contributed by atoms with Crippen molar-refractivity contribution >= 4 is 45.7 Å². The fraction of sp³-hybridized carbons (Fsp3) is 0.158. The van der Waals surface area contributed by atoms with Crippen molar-refractivity contribution in [3.63, 3.8) is 0 Å². The summed E-state index contributed by atoms with van der Waals surface area (Å²) in [5.41, 5.74) is 1.70. The third-order valence-corrected chi connectivity index (χ3v) is 4.33. The molecule has 0 saturated carbocycles. The molecule has 0 aliphatic heterocycles. The van der Waals surface area contributed by atoms with Gasteiger partial charge in [0.25, 0.3) is 0 Å². The molecule has 2 aromatic carbocycles. The SMILES string of the molecule is CCNc1c(NC(=O)Nc2cccc(Cl)c2C)c(=O)oc2ccccc12. The number of halogens is 1. The number of hydrogen-bond donors (Lipinski definition) is 3. The lowest BCUT2D eigenvalue weighted by molar-refractivity contribution is 0.262. The van der Waals surface area contributed by atoms with Crippen molar-refractivity contribution in [3.8, 4) is 0 Å². The minimum absolute atomic E-state index is 0.0581. The van der Waals surface area contributed by atoms with Gasteiger partial charge in [-0.3, -0.25) is 5.32 Å². The van der Waals surface area contributed by atoms with Gasteiger partial charge in [-0.2, -0.15) is 0 Å². The molecule has 2 amide bonds. The average Bonchev–Trinajstić information content (AvgIpc) is 2.62. The number of amides is 2. The standard InChI is InChI=1S/C19H18ClN3O3/c1-3-21-16-12-7-4-5-10-15(12)26-18(24)17(16)23-19(25)22-14-9-6-8-13(20)11(14)2/h4-10,21H,3H2,1-2H3,(H2,22,23,25). The van der Waals surface area contributed by atoms with Gasteiger partial charge in [-0.25, -0.2) is 9.59 Å². The number of para-hydroxylation sites is 1. The van der Waals surface area contributed by atoms with Crippen molar-refractivity contribution in [3.05, 3.63) is 63.5 Å². The van der Waals surface area contributed by atoms with E-state index in [9.17, 15) is 9.59 Å². The molecule has 134 valence electrons. The topological polar surface area (TPSA) is 83.4 Å². The minimum Gasteiger partial charge on any atom is -0.421 e. The fourth-order valence-corrected chi connectivity index (χ4v) is 2.81. The van der Waals surface area contributed by atoms with E-state index in [4.69, 9.17) is 16.0 Å². The number of urea groups is 1. The van der Waals surface area contributed by atoms with Crippen LogP contribution in [0.1, 0.15) is 12.5 Å². The summed E-state index contributed by atoms with van der Waals surface area (Å²) in [5, 5.41) is 9.67. The number of nitrogens with one attached hydrogen (secondary N) is 3. The summed E-state index contributed by atoms with van der Waals surface area (Å²) in [6.07, 6.45) is 0. The molecule has 3 rings (SSSR count). The number of carbonyl (C=O) groups excluding carboxylic acids is 1. The molecule has 0 unspecified atom stereocenters. The van der Waals surface area contributed by atoms with Gasteiger partial charge in [-0.1, -0.05) is 29.8 Å². The van der Waals surface area contributed by atoms with E-state index >= 15 is 0 Å². The van der Waals surface area contributed by atoms with Crippen molar-refractivity contribution in [1.82, 2.24) is 0 Å². The summed E-state index contributed by atoms with van der Waals surface area (Å²) in [6.45, 7) is 4.28. The van der Waals surface area contributed by atoms with E-state index in [0.29, 0.717) is 33.9 Å². The van der Waals surface area contributed by atoms with Crippen LogP contribution < -0.4 is 21.6 Å². The van der Waals surface area contributed by atoms with E-state index < -0.39 is 11.7 Å². The van der Waals surface area contributed by atoms with E-state index in [1.807, 2.05) is 19.1 Å². The quantitative estimate of drug-likeness (QED) is 0.573. The second kappa shape index (κ2) is 7.49. The molecule has 3 aromatic rings. The lowest BCUT2D eigenvalue weighted by atomic mass is 10.2. The number of rotatable bonds is 4. The highest BCUT2D eigenvalue weighted by molar-refractivity contribution is 6.31. The summed E-state index contributed by atoms with van der Waals surface area (Å²) < 4.78 is 5.31. The first-order valence-corrected chi connectivity index (χ1v) is 8.52. The molecule has 6 nitrogen and oxygen atoms in total. The Morgan fingerprint density at radius 3 is 2.62 bits per heavy atom. The molecule has 7 heteroatoms. The van der Waals surface area contributed by atoms with Crippen LogP contribution >= 0.6 is 11.6 Å². The molecule has 3 N–H and O–H groups in total. The summed E-state index contributed by atoms with van der Waals surface area (Å²) in [4.78, 5) is 24.8. The number of benzene rings is 2. The number of fused-ring (bicyclic) bond motifs is 1. The molecule has 1 aromatic heterocycles. The molecule has 0 radical (unpaired) electrons. The van der Waals surface area contributed by atoms with Crippen LogP contribution in [-0.4, -0.2) is 12.6 Å². The smallest absolute Gasteiger partial charge is 0.362 e. The van der Waals surface area contributed by atoms with Crippen LogP contribution in [-0.2, 0) is 0 Å². The average molecular weight is 372 g/mol. The summed E-state index contributed by atoms with van der Waals surface area (Å²) >= 11 is 6.07. The van der Waals surface area contributed by atoms with Gasteiger partial charge in [0.15, 0.2) is 5.69 Å². The maximum absolute atomic E-state index is 12.4. The van der Waals surface area contributed by atoms with Crippen molar-refractivity contribution in [2.24, 2.45) is 0 Å². The monoisotopic (exact) mass is 371 g/mol.